The lowest BCUT2D eigenvalue weighted by molar-refractivity contribution is -0.145. The summed E-state index contributed by atoms with van der Waals surface area (Å²) in [6, 6.07) is -2.05. The minimum atomic E-state index is -1.40. The normalized spacial score (nSPS) is 18.3. The summed E-state index contributed by atoms with van der Waals surface area (Å²) in [5, 5.41) is 21.8. The molecule has 7 nitrogen and oxygen atoms in total. The van der Waals surface area contributed by atoms with Crippen LogP contribution in [-0.2, 0) is 9.59 Å². The summed E-state index contributed by atoms with van der Waals surface area (Å²) in [6.45, 7) is 1.83. The van der Waals surface area contributed by atoms with E-state index in [4.69, 9.17) is 10.2 Å². The molecule has 0 heterocycles. The fourth-order valence-corrected chi connectivity index (χ4v) is 1.16. The molecule has 0 aromatic heterocycles. The number of carboxylic acid groups (broad SMARTS) is 2. The minimum Gasteiger partial charge on any atom is -0.481 e. The summed E-state index contributed by atoms with van der Waals surface area (Å²) in [7, 11) is 0. The third kappa shape index (κ3) is 3.76. The van der Waals surface area contributed by atoms with Gasteiger partial charge in [0.05, 0.1) is 6.42 Å². The first-order valence-electron chi connectivity index (χ1n) is 4.86. The van der Waals surface area contributed by atoms with Crippen molar-refractivity contribution in [2.75, 3.05) is 0 Å². The van der Waals surface area contributed by atoms with Crippen LogP contribution in [0.4, 0.5) is 4.79 Å². The van der Waals surface area contributed by atoms with Gasteiger partial charge in [0.25, 0.3) is 0 Å². The maximum atomic E-state index is 11.3. The number of nitrogens with one attached hydrogen (secondary N) is 2. The second kappa shape index (κ2) is 4.38. The molecule has 1 atom stereocenters. The van der Waals surface area contributed by atoms with Crippen molar-refractivity contribution in [1.82, 2.24) is 10.6 Å². The molecule has 0 aromatic carbocycles. The zero-order valence-corrected chi connectivity index (χ0v) is 8.82. The van der Waals surface area contributed by atoms with E-state index in [-0.39, 0.29) is 5.54 Å². The van der Waals surface area contributed by atoms with Gasteiger partial charge in [-0.3, -0.25) is 4.79 Å². The molecule has 0 saturated heterocycles. The zero-order valence-electron chi connectivity index (χ0n) is 8.82. The van der Waals surface area contributed by atoms with Gasteiger partial charge in [-0.15, -0.1) is 0 Å². The fourth-order valence-electron chi connectivity index (χ4n) is 1.16. The molecule has 2 amide bonds. The van der Waals surface area contributed by atoms with Gasteiger partial charge >= 0.3 is 18.0 Å². The van der Waals surface area contributed by atoms with Crippen molar-refractivity contribution in [2.24, 2.45) is 0 Å². The summed E-state index contributed by atoms with van der Waals surface area (Å²) < 4.78 is 0. The molecule has 1 aliphatic rings. The van der Waals surface area contributed by atoms with Crippen LogP contribution < -0.4 is 10.6 Å². The topological polar surface area (TPSA) is 116 Å². The number of urea groups is 1. The highest BCUT2D eigenvalue weighted by Crippen LogP contribution is 2.33. The number of aliphatic carboxylic acids is 2. The molecule has 1 aliphatic carbocycles. The number of carbonyl (C=O) groups is 3. The van der Waals surface area contributed by atoms with Gasteiger partial charge in [-0.05, 0) is 19.8 Å². The van der Waals surface area contributed by atoms with E-state index in [1.54, 1.807) is 0 Å². The van der Waals surface area contributed by atoms with Crippen LogP contribution >= 0.6 is 0 Å². The average Bonchev–Trinajstić information content (AvgIpc) is 2.80. The molecular formula is C9H14N2O5. The van der Waals surface area contributed by atoms with Crippen LogP contribution in [0, 0.1) is 0 Å². The Bertz CT molecular complexity index is 324. The van der Waals surface area contributed by atoms with Gasteiger partial charge in [-0.2, -0.15) is 0 Å². The molecule has 0 unspecified atom stereocenters. The quantitative estimate of drug-likeness (QED) is 0.520. The van der Waals surface area contributed by atoms with Crippen LogP contribution in [0.2, 0.25) is 0 Å². The Balaban J connectivity index is 2.44. The summed E-state index contributed by atoms with van der Waals surface area (Å²) in [5.74, 6) is -2.64. The van der Waals surface area contributed by atoms with Crippen LogP contribution in [-0.4, -0.2) is 39.8 Å². The molecule has 90 valence electrons. The molecule has 16 heavy (non-hydrogen) atoms. The summed E-state index contributed by atoms with van der Waals surface area (Å²) >= 11 is 0. The Morgan fingerprint density at radius 1 is 1.31 bits per heavy atom. The third-order valence-electron chi connectivity index (χ3n) is 2.40. The largest absolute Gasteiger partial charge is 0.481 e. The van der Waals surface area contributed by atoms with Gasteiger partial charge in [0.1, 0.15) is 6.04 Å². The number of hydrogen-bond acceptors (Lipinski definition) is 3. The minimum absolute atomic E-state index is 0.267. The third-order valence-corrected chi connectivity index (χ3v) is 2.40. The smallest absolute Gasteiger partial charge is 0.326 e. The lowest BCUT2D eigenvalue weighted by Gasteiger charge is -2.16. The molecule has 7 heteroatoms. The fraction of sp³-hybridized carbons (Fsp3) is 0.667. The van der Waals surface area contributed by atoms with Gasteiger partial charge in [-0.25, -0.2) is 9.59 Å². The lowest BCUT2D eigenvalue weighted by Crippen LogP contribution is -2.49. The van der Waals surface area contributed by atoms with Crippen LogP contribution in [0.3, 0.4) is 0 Å². The maximum Gasteiger partial charge on any atom is 0.326 e. The van der Waals surface area contributed by atoms with Crippen LogP contribution in [0.1, 0.15) is 26.2 Å². The van der Waals surface area contributed by atoms with E-state index in [0.717, 1.165) is 12.8 Å². The molecule has 0 bridgehead atoms. The van der Waals surface area contributed by atoms with Crippen molar-refractivity contribution in [3.63, 3.8) is 0 Å². The van der Waals surface area contributed by atoms with Crippen molar-refractivity contribution in [2.45, 2.75) is 37.8 Å². The number of rotatable bonds is 5. The molecule has 4 N–H and O–H groups in total. The molecule has 0 aromatic rings. The Morgan fingerprint density at radius 3 is 2.25 bits per heavy atom. The molecular weight excluding hydrogens is 216 g/mol. The first kappa shape index (κ1) is 12.3. The van der Waals surface area contributed by atoms with Gasteiger partial charge in [0.2, 0.25) is 0 Å². The van der Waals surface area contributed by atoms with Gasteiger partial charge in [0, 0.05) is 5.54 Å². The molecule has 1 rings (SSSR count). The highest BCUT2D eigenvalue weighted by molar-refractivity contribution is 5.86. The summed E-state index contributed by atoms with van der Waals surface area (Å²) in [6.07, 6.45) is 1.05. The van der Waals surface area contributed by atoms with E-state index in [2.05, 4.69) is 10.6 Å². The predicted octanol–water partition coefficient (Wildman–Crippen LogP) is -0.234. The van der Waals surface area contributed by atoms with E-state index in [0.29, 0.717) is 0 Å². The highest BCUT2D eigenvalue weighted by Gasteiger charge is 2.39. The SMILES string of the molecule is CC1(NC(=O)N[C@H](CC(=O)O)C(=O)O)CC1. The molecule has 0 radical (unpaired) electrons. The number of carbonyl (C=O) groups excluding carboxylic acids is 1. The van der Waals surface area contributed by atoms with Crippen molar-refractivity contribution in [3.8, 4) is 0 Å². The molecule has 0 spiro atoms. The van der Waals surface area contributed by atoms with Crippen LogP contribution in [0.25, 0.3) is 0 Å². The predicted molar refractivity (Wildman–Crippen MR) is 53.0 cm³/mol. The molecule has 1 saturated carbocycles. The van der Waals surface area contributed by atoms with Crippen molar-refractivity contribution in [1.29, 1.82) is 0 Å². The summed E-state index contributed by atoms with van der Waals surface area (Å²) in [4.78, 5) is 32.3. The van der Waals surface area contributed by atoms with E-state index >= 15 is 0 Å². The standard InChI is InChI=1S/C9H14N2O5/c1-9(2-3-9)11-8(16)10-5(7(14)15)4-6(12)13/h5H,2-4H2,1H3,(H,12,13)(H,14,15)(H2,10,11,16)/t5-/m1/s1. The maximum absolute atomic E-state index is 11.3. The van der Waals surface area contributed by atoms with Crippen LogP contribution in [0.15, 0.2) is 0 Å². The zero-order chi connectivity index (χ0) is 12.3. The van der Waals surface area contributed by atoms with Gasteiger partial charge in [-0.1, -0.05) is 0 Å². The van der Waals surface area contributed by atoms with E-state index in [1.165, 1.54) is 0 Å². The Labute approximate surface area is 91.8 Å². The first-order chi connectivity index (χ1) is 7.32. The number of carboxylic acids is 2. The Hall–Kier alpha value is -1.79. The first-order valence-corrected chi connectivity index (χ1v) is 4.86. The Kier molecular flexibility index (Phi) is 3.36. The van der Waals surface area contributed by atoms with Crippen molar-refractivity contribution in [3.05, 3.63) is 0 Å². The highest BCUT2D eigenvalue weighted by atomic mass is 16.4. The van der Waals surface area contributed by atoms with Crippen molar-refractivity contribution < 1.29 is 24.6 Å². The second-order valence-corrected chi connectivity index (χ2v) is 4.15. The Morgan fingerprint density at radius 2 is 1.88 bits per heavy atom. The number of amides is 2. The van der Waals surface area contributed by atoms with E-state index in [9.17, 15) is 14.4 Å². The second-order valence-electron chi connectivity index (χ2n) is 4.15. The van der Waals surface area contributed by atoms with Gasteiger partial charge < -0.3 is 20.8 Å². The average molecular weight is 230 g/mol. The molecule has 1 fully saturated rings. The summed E-state index contributed by atoms with van der Waals surface area (Å²) in [5.41, 5.74) is -0.267. The molecule has 0 aliphatic heterocycles. The van der Waals surface area contributed by atoms with Gasteiger partial charge in [0.15, 0.2) is 0 Å². The van der Waals surface area contributed by atoms with Crippen LogP contribution in [0.5, 0.6) is 0 Å². The monoisotopic (exact) mass is 230 g/mol. The van der Waals surface area contributed by atoms with E-state index < -0.39 is 30.4 Å². The lowest BCUT2D eigenvalue weighted by atomic mass is 10.2. The van der Waals surface area contributed by atoms with E-state index in [1.807, 2.05) is 6.92 Å². The van der Waals surface area contributed by atoms with Crippen molar-refractivity contribution >= 4 is 18.0 Å². The number of hydrogen-bond donors (Lipinski definition) is 4.